The quantitative estimate of drug-likeness (QED) is 0.291. The number of carbonyl (C=O) groups is 2. The van der Waals surface area contributed by atoms with Crippen LogP contribution in [-0.4, -0.2) is 56.8 Å². The molecule has 4 rings (SSSR count). The van der Waals surface area contributed by atoms with Crippen LogP contribution in [0.5, 0.6) is 17.2 Å². The lowest BCUT2D eigenvalue weighted by Gasteiger charge is -2.46. The maximum Gasteiger partial charge on any atom is 0.220 e. The fourth-order valence-electron chi connectivity index (χ4n) is 7.05. The molecule has 240 valence electrons. The zero-order valence-electron chi connectivity index (χ0n) is 27.4. The first-order valence-electron chi connectivity index (χ1n) is 15.4. The zero-order chi connectivity index (χ0) is 32.2. The lowest BCUT2D eigenvalue weighted by molar-refractivity contribution is -0.122. The molecular formula is C34H48N4O6. The first-order valence-corrected chi connectivity index (χ1v) is 15.4. The molecule has 1 aliphatic heterocycles. The van der Waals surface area contributed by atoms with E-state index in [0.29, 0.717) is 60.7 Å². The van der Waals surface area contributed by atoms with Crippen LogP contribution in [0.4, 0.5) is 5.69 Å². The second-order valence-electron chi connectivity index (χ2n) is 13.2. The Bertz CT molecular complexity index is 1440. The maximum atomic E-state index is 13.5. The minimum Gasteiger partial charge on any atom is -0.493 e. The van der Waals surface area contributed by atoms with Crippen LogP contribution in [-0.2, 0) is 16.0 Å². The smallest absolute Gasteiger partial charge is 0.220 e. The van der Waals surface area contributed by atoms with Crippen molar-refractivity contribution in [3.05, 3.63) is 45.6 Å². The molecule has 1 atom stereocenters. The number of fused-ring (bicyclic) bond motifs is 3. The van der Waals surface area contributed by atoms with Gasteiger partial charge in [0.05, 0.1) is 33.1 Å². The van der Waals surface area contributed by atoms with E-state index in [9.17, 15) is 14.4 Å². The van der Waals surface area contributed by atoms with Crippen LogP contribution >= 0.6 is 0 Å². The van der Waals surface area contributed by atoms with Crippen LogP contribution in [0.3, 0.4) is 0 Å². The number of hydrogen-bond donors (Lipinski definition) is 4. The van der Waals surface area contributed by atoms with E-state index in [-0.39, 0.29) is 40.4 Å². The first-order chi connectivity index (χ1) is 20.8. The molecule has 1 heterocycles. The topological polar surface area (TPSA) is 127 Å². The summed E-state index contributed by atoms with van der Waals surface area (Å²) in [6.45, 7) is 10.6. The van der Waals surface area contributed by atoms with Crippen molar-refractivity contribution in [2.75, 3.05) is 33.2 Å². The van der Waals surface area contributed by atoms with Crippen LogP contribution in [0.15, 0.2) is 29.1 Å². The molecule has 2 amide bonds. The van der Waals surface area contributed by atoms with Crippen molar-refractivity contribution >= 4 is 17.5 Å². The molecule has 4 N–H and O–H groups in total. The third kappa shape index (κ3) is 7.64. The fourth-order valence-corrected chi connectivity index (χ4v) is 7.05. The summed E-state index contributed by atoms with van der Waals surface area (Å²) >= 11 is 0. The number of rotatable bonds is 10. The van der Waals surface area contributed by atoms with E-state index < -0.39 is 0 Å². The molecule has 0 radical (unpaired) electrons. The molecule has 2 aromatic carbocycles. The standard InChI is InChI=1S/C34H48N4O6/c1-20(39)36-25-13-11-21-16-28(42-6)31(43-7)32(44-8)30(21)23-12-14-26(27(40)17-24(23)25)35-15-9-10-29(41)37-22-18-33(2,3)38-34(4,5)19-22/h12,14,16-17,22,25,38H,9-11,13,15,18-19H2,1-8H3,(H,35,40)(H,36,39)(H,37,41). The Morgan fingerprint density at radius 1 is 0.955 bits per heavy atom. The molecular weight excluding hydrogens is 560 g/mol. The lowest BCUT2D eigenvalue weighted by atomic mass is 9.79. The summed E-state index contributed by atoms with van der Waals surface area (Å²) in [6.07, 6.45) is 3.89. The molecule has 1 fully saturated rings. The summed E-state index contributed by atoms with van der Waals surface area (Å²) in [4.78, 5) is 38.5. The Hall–Kier alpha value is -3.79. The highest BCUT2D eigenvalue weighted by molar-refractivity contribution is 5.84. The van der Waals surface area contributed by atoms with Gasteiger partial charge in [-0.05, 0) is 94.7 Å². The van der Waals surface area contributed by atoms with E-state index >= 15 is 0 Å². The molecule has 44 heavy (non-hydrogen) atoms. The largest absolute Gasteiger partial charge is 0.493 e. The summed E-state index contributed by atoms with van der Waals surface area (Å²) in [5.74, 6) is 1.35. The highest BCUT2D eigenvalue weighted by atomic mass is 16.5. The number of anilines is 1. The fraction of sp³-hybridized carbons (Fsp3) is 0.559. The monoisotopic (exact) mass is 608 g/mol. The maximum absolute atomic E-state index is 13.5. The summed E-state index contributed by atoms with van der Waals surface area (Å²) < 4.78 is 17.1. The van der Waals surface area contributed by atoms with Crippen LogP contribution in [0.2, 0.25) is 0 Å². The number of benzene rings is 1. The van der Waals surface area contributed by atoms with Crippen LogP contribution in [0, 0.1) is 0 Å². The van der Waals surface area contributed by atoms with E-state index in [1.807, 2.05) is 12.1 Å². The number of hydrogen-bond acceptors (Lipinski definition) is 8. The molecule has 10 heteroatoms. The Morgan fingerprint density at radius 2 is 1.64 bits per heavy atom. The lowest BCUT2D eigenvalue weighted by Crippen LogP contribution is -2.62. The number of methoxy groups -OCH3 is 3. The van der Waals surface area contributed by atoms with Crippen molar-refractivity contribution in [1.82, 2.24) is 16.0 Å². The Kier molecular flexibility index (Phi) is 10.1. The minimum atomic E-state index is -0.377. The second-order valence-corrected chi connectivity index (χ2v) is 13.2. The normalized spacial score (nSPS) is 18.6. The highest BCUT2D eigenvalue weighted by Crippen LogP contribution is 2.50. The van der Waals surface area contributed by atoms with Gasteiger partial charge < -0.3 is 35.5 Å². The van der Waals surface area contributed by atoms with Crippen LogP contribution in [0.1, 0.15) is 83.9 Å². The molecule has 2 aliphatic rings. The van der Waals surface area contributed by atoms with Gasteiger partial charge in [0.25, 0.3) is 0 Å². The van der Waals surface area contributed by atoms with Gasteiger partial charge in [-0.25, -0.2) is 0 Å². The molecule has 0 spiro atoms. The Balaban J connectivity index is 1.56. The van der Waals surface area contributed by atoms with Crippen molar-refractivity contribution in [2.45, 2.75) is 96.3 Å². The van der Waals surface area contributed by atoms with Gasteiger partial charge in [-0.15, -0.1) is 0 Å². The molecule has 1 saturated heterocycles. The number of nitrogens with one attached hydrogen (secondary N) is 4. The van der Waals surface area contributed by atoms with Crippen molar-refractivity contribution in [3.63, 3.8) is 0 Å². The van der Waals surface area contributed by atoms with Gasteiger partial charge in [-0.3, -0.25) is 14.4 Å². The van der Waals surface area contributed by atoms with E-state index in [0.717, 1.165) is 29.5 Å². The molecule has 0 aromatic heterocycles. The number of aryl methyl sites for hydroxylation is 1. The number of piperidine rings is 1. The zero-order valence-corrected chi connectivity index (χ0v) is 27.4. The van der Waals surface area contributed by atoms with Crippen molar-refractivity contribution in [3.8, 4) is 28.4 Å². The third-order valence-electron chi connectivity index (χ3n) is 8.37. The number of amides is 2. The predicted molar refractivity (Wildman–Crippen MR) is 173 cm³/mol. The van der Waals surface area contributed by atoms with Crippen molar-refractivity contribution in [2.24, 2.45) is 0 Å². The van der Waals surface area contributed by atoms with Crippen LogP contribution < -0.4 is 40.9 Å². The molecule has 1 unspecified atom stereocenters. The molecule has 1 aliphatic carbocycles. The van der Waals surface area contributed by atoms with Crippen molar-refractivity contribution in [1.29, 1.82) is 0 Å². The summed E-state index contributed by atoms with van der Waals surface area (Å²) in [6, 6.07) is 6.91. The van der Waals surface area contributed by atoms with E-state index in [4.69, 9.17) is 14.2 Å². The van der Waals surface area contributed by atoms with E-state index in [2.05, 4.69) is 49.0 Å². The minimum absolute atomic E-state index is 0.0178. The van der Waals surface area contributed by atoms with Gasteiger partial charge in [0.15, 0.2) is 11.5 Å². The van der Waals surface area contributed by atoms with Gasteiger partial charge in [-0.1, -0.05) is 6.07 Å². The molecule has 0 bridgehead atoms. The molecule has 2 aromatic rings. The second kappa shape index (κ2) is 13.5. The van der Waals surface area contributed by atoms with Gasteiger partial charge in [0.2, 0.25) is 23.0 Å². The summed E-state index contributed by atoms with van der Waals surface area (Å²) in [5.41, 5.74) is 3.36. The SMILES string of the molecule is COc1cc2c(c(OC)c1OC)-c1ccc(NCCCC(=O)NC3CC(C)(C)NC(C)(C)C3)c(=O)cc1C(NC(C)=O)CC2. The van der Waals surface area contributed by atoms with E-state index in [1.165, 1.54) is 6.92 Å². The van der Waals surface area contributed by atoms with E-state index in [1.54, 1.807) is 33.5 Å². The average Bonchev–Trinajstić information content (AvgIpc) is 3.16. The predicted octanol–water partition coefficient (Wildman–Crippen LogP) is 4.48. The number of ether oxygens (including phenoxy) is 3. The molecule has 0 saturated carbocycles. The third-order valence-corrected chi connectivity index (χ3v) is 8.37. The van der Waals surface area contributed by atoms with Gasteiger partial charge in [0.1, 0.15) is 0 Å². The summed E-state index contributed by atoms with van der Waals surface area (Å²) in [5, 5.41) is 13.1. The molecule has 10 nitrogen and oxygen atoms in total. The first kappa shape index (κ1) is 33.1. The van der Waals surface area contributed by atoms with Gasteiger partial charge >= 0.3 is 0 Å². The van der Waals surface area contributed by atoms with Gasteiger partial charge in [0, 0.05) is 42.6 Å². The Morgan fingerprint density at radius 3 is 2.25 bits per heavy atom. The Labute approximate surface area is 260 Å². The van der Waals surface area contributed by atoms with Gasteiger partial charge in [-0.2, -0.15) is 0 Å². The van der Waals surface area contributed by atoms with Crippen molar-refractivity contribution < 1.29 is 23.8 Å². The summed E-state index contributed by atoms with van der Waals surface area (Å²) in [7, 11) is 4.71. The highest BCUT2D eigenvalue weighted by Gasteiger charge is 2.38. The van der Waals surface area contributed by atoms with Crippen LogP contribution in [0.25, 0.3) is 11.1 Å². The average molecular weight is 609 g/mol. The number of carbonyl (C=O) groups excluding carboxylic acids is 2.